The van der Waals surface area contributed by atoms with Crippen molar-refractivity contribution in [3.8, 4) is 5.75 Å². The molecule has 0 radical (unpaired) electrons. The maximum absolute atomic E-state index is 12.9. The van der Waals surface area contributed by atoms with Crippen molar-refractivity contribution < 1.29 is 13.9 Å². The maximum atomic E-state index is 12.9. The SMILES string of the molecule is COc1ccccc1CNc1ccc(C(=O)Nc2ccc(F)cc2)nc1. The minimum Gasteiger partial charge on any atom is -0.496 e. The zero-order chi connectivity index (χ0) is 18.4. The van der Waals surface area contributed by atoms with Gasteiger partial charge in [0.15, 0.2) is 0 Å². The van der Waals surface area contributed by atoms with Gasteiger partial charge in [-0.25, -0.2) is 9.37 Å². The average molecular weight is 351 g/mol. The minimum absolute atomic E-state index is 0.275. The standard InChI is InChI=1S/C20H18FN3O2/c1-26-19-5-3-2-4-14(19)12-22-17-10-11-18(23-13-17)20(25)24-16-8-6-15(21)7-9-16/h2-11,13,22H,12H2,1H3,(H,24,25). The van der Waals surface area contributed by atoms with Crippen LogP contribution in [0, 0.1) is 5.82 Å². The summed E-state index contributed by atoms with van der Waals surface area (Å²) in [5.41, 5.74) is 2.59. The summed E-state index contributed by atoms with van der Waals surface area (Å²) in [5.74, 6) is 0.0998. The third-order valence-electron chi connectivity index (χ3n) is 3.77. The third kappa shape index (κ3) is 4.36. The monoisotopic (exact) mass is 351 g/mol. The molecule has 6 heteroatoms. The van der Waals surface area contributed by atoms with Gasteiger partial charge in [0, 0.05) is 17.8 Å². The Hall–Kier alpha value is -3.41. The molecule has 0 bridgehead atoms. The van der Waals surface area contributed by atoms with Crippen LogP contribution >= 0.6 is 0 Å². The summed E-state index contributed by atoms with van der Waals surface area (Å²) in [4.78, 5) is 16.3. The van der Waals surface area contributed by atoms with Gasteiger partial charge >= 0.3 is 0 Å². The summed E-state index contributed by atoms with van der Waals surface area (Å²) in [6.45, 7) is 0.576. The van der Waals surface area contributed by atoms with Crippen LogP contribution in [0.15, 0.2) is 66.9 Å². The van der Waals surface area contributed by atoms with E-state index in [0.29, 0.717) is 12.2 Å². The molecule has 1 amide bonds. The third-order valence-corrected chi connectivity index (χ3v) is 3.77. The molecule has 3 aromatic rings. The van der Waals surface area contributed by atoms with Crippen LogP contribution in [-0.4, -0.2) is 18.0 Å². The van der Waals surface area contributed by atoms with Crippen LogP contribution in [-0.2, 0) is 6.54 Å². The zero-order valence-corrected chi connectivity index (χ0v) is 14.2. The van der Waals surface area contributed by atoms with Gasteiger partial charge in [0.25, 0.3) is 5.91 Å². The smallest absolute Gasteiger partial charge is 0.274 e. The Morgan fingerprint density at radius 1 is 1.04 bits per heavy atom. The van der Waals surface area contributed by atoms with Gasteiger partial charge in [0.05, 0.1) is 19.0 Å². The van der Waals surface area contributed by atoms with Crippen molar-refractivity contribution in [3.63, 3.8) is 0 Å². The van der Waals surface area contributed by atoms with Gasteiger partial charge in [-0.2, -0.15) is 0 Å². The van der Waals surface area contributed by atoms with Crippen LogP contribution in [0.4, 0.5) is 15.8 Å². The number of para-hydroxylation sites is 1. The highest BCUT2D eigenvalue weighted by molar-refractivity contribution is 6.02. The second-order valence-corrected chi connectivity index (χ2v) is 5.56. The molecule has 1 aromatic heterocycles. The van der Waals surface area contributed by atoms with Crippen molar-refractivity contribution in [2.75, 3.05) is 17.7 Å². The van der Waals surface area contributed by atoms with Gasteiger partial charge in [-0.1, -0.05) is 18.2 Å². The van der Waals surface area contributed by atoms with Crippen LogP contribution in [0.3, 0.4) is 0 Å². The van der Waals surface area contributed by atoms with E-state index in [1.807, 2.05) is 24.3 Å². The van der Waals surface area contributed by atoms with E-state index in [1.165, 1.54) is 24.3 Å². The molecular formula is C20H18FN3O2. The first-order valence-corrected chi connectivity index (χ1v) is 8.04. The lowest BCUT2D eigenvalue weighted by Crippen LogP contribution is -2.13. The molecule has 1 heterocycles. The van der Waals surface area contributed by atoms with Crippen molar-refractivity contribution in [1.29, 1.82) is 0 Å². The average Bonchev–Trinajstić information content (AvgIpc) is 2.68. The summed E-state index contributed by atoms with van der Waals surface area (Å²) in [6.07, 6.45) is 1.59. The fraction of sp³-hybridized carbons (Fsp3) is 0.100. The molecule has 0 atom stereocenters. The van der Waals surface area contributed by atoms with Gasteiger partial charge in [0.1, 0.15) is 17.3 Å². The summed E-state index contributed by atoms with van der Waals surface area (Å²) < 4.78 is 18.2. The number of pyridine rings is 1. The highest BCUT2D eigenvalue weighted by Crippen LogP contribution is 2.19. The van der Waals surface area contributed by atoms with E-state index >= 15 is 0 Å². The Morgan fingerprint density at radius 2 is 1.77 bits per heavy atom. The van der Waals surface area contributed by atoms with Gasteiger partial charge in [-0.15, -0.1) is 0 Å². The van der Waals surface area contributed by atoms with Crippen molar-refractivity contribution in [1.82, 2.24) is 4.98 Å². The van der Waals surface area contributed by atoms with E-state index in [2.05, 4.69) is 15.6 Å². The van der Waals surface area contributed by atoms with E-state index in [-0.39, 0.29) is 17.4 Å². The first kappa shape index (κ1) is 17.4. The number of hydrogen-bond acceptors (Lipinski definition) is 4. The van der Waals surface area contributed by atoms with Gasteiger partial charge in [-0.3, -0.25) is 4.79 Å². The molecule has 0 saturated carbocycles. The van der Waals surface area contributed by atoms with Crippen molar-refractivity contribution >= 4 is 17.3 Å². The molecule has 132 valence electrons. The Kier molecular flexibility index (Phi) is 5.43. The fourth-order valence-corrected chi connectivity index (χ4v) is 2.41. The highest BCUT2D eigenvalue weighted by atomic mass is 19.1. The molecule has 2 N–H and O–H groups in total. The predicted octanol–water partition coefficient (Wildman–Crippen LogP) is 4.09. The molecular weight excluding hydrogens is 333 g/mol. The number of methoxy groups -OCH3 is 1. The molecule has 0 unspecified atom stereocenters. The summed E-state index contributed by atoms with van der Waals surface area (Å²) >= 11 is 0. The number of aromatic nitrogens is 1. The van der Waals surface area contributed by atoms with Crippen molar-refractivity contribution in [3.05, 3.63) is 83.9 Å². The summed E-state index contributed by atoms with van der Waals surface area (Å²) in [5, 5.41) is 5.91. The molecule has 5 nitrogen and oxygen atoms in total. The number of anilines is 2. The fourth-order valence-electron chi connectivity index (χ4n) is 2.41. The van der Waals surface area contributed by atoms with Crippen LogP contribution in [0.25, 0.3) is 0 Å². The number of amides is 1. The van der Waals surface area contributed by atoms with Crippen molar-refractivity contribution in [2.45, 2.75) is 6.54 Å². The molecule has 0 aliphatic carbocycles. The first-order chi connectivity index (χ1) is 12.7. The van der Waals surface area contributed by atoms with E-state index < -0.39 is 0 Å². The number of carbonyl (C=O) groups is 1. The molecule has 0 spiro atoms. The number of benzene rings is 2. The quantitative estimate of drug-likeness (QED) is 0.702. The van der Waals surface area contributed by atoms with E-state index in [0.717, 1.165) is 17.0 Å². The Balaban J connectivity index is 1.61. The van der Waals surface area contributed by atoms with E-state index in [4.69, 9.17) is 4.74 Å². The van der Waals surface area contributed by atoms with Gasteiger partial charge in [0.2, 0.25) is 0 Å². The number of halogens is 1. The van der Waals surface area contributed by atoms with Crippen LogP contribution in [0.5, 0.6) is 5.75 Å². The number of ether oxygens (including phenoxy) is 1. The second-order valence-electron chi connectivity index (χ2n) is 5.56. The predicted molar refractivity (Wildman–Crippen MR) is 98.9 cm³/mol. The lowest BCUT2D eigenvalue weighted by Gasteiger charge is -2.10. The van der Waals surface area contributed by atoms with Crippen LogP contribution in [0.1, 0.15) is 16.1 Å². The topological polar surface area (TPSA) is 63.2 Å². The maximum Gasteiger partial charge on any atom is 0.274 e. The summed E-state index contributed by atoms with van der Waals surface area (Å²) in [6, 6.07) is 16.7. The van der Waals surface area contributed by atoms with E-state index in [9.17, 15) is 9.18 Å². The highest BCUT2D eigenvalue weighted by Gasteiger charge is 2.08. The lowest BCUT2D eigenvalue weighted by atomic mass is 10.2. The Labute approximate surface area is 150 Å². The van der Waals surface area contributed by atoms with Gasteiger partial charge < -0.3 is 15.4 Å². The Morgan fingerprint density at radius 3 is 2.46 bits per heavy atom. The van der Waals surface area contributed by atoms with Gasteiger partial charge in [-0.05, 0) is 42.5 Å². The molecule has 0 fully saturated rings. The zero-order valence-electron chi connectivity index (χ0n) is 14.2. The molecule has 3 rings (SSSR count). The molecule has 0 aliphatic rings. The first-order valence-electron chi connectivity index (χ1n) is 8.04. The second kappa shape index (κ2) is 8.11. The normalized spacial score (nSPS) is 10.2. The molecule has 26 heavy (non-hydrogen) atoms. The van der Waals surface area contributed by atoms with E-state index in [1.54, 1.807) is 25.4 Å². The van der Waals surface area contributed by atoms with Crippen LogP contribution < -0.4 is 15.4 Å². The number of rotatable bonds is 6. The Bertz CT molecular complexity index is 880. The minimum atomic E-state index is -0.355. The molecule has 0 aliphatic heterocycles. The largest absolute Gasteiger partial charge is 0.496 e. The number of nitrogens with zero attached hydrogens (tertiary/aromatic N) is 1. The lowest BCUT2D eigenvalue weighted by molar-refractivity contribution is 0.102. The molecule has 0 saturated heterocycles. The summed E-state index contributed by atoms with van der Waals surface area (Å²) in [7, 11) is 1.63. The van der Waals surface area contributed by atoms with Crippen LogP contribution in [0.2, 0.25) is 0 Å². The van der Waals surface area contributed by atoms with Crippen molar-refractivity contribution in [2.24, 2.45) is 0 Å². The molecule has 2 aromatic carbocycles. The number of nitrogens with one attached hydrogen (secondary N) is 2. The number of hydrogen-bond donors (Lipinski definition) is 2. The number of carbonyl (C=O) groups excluding carboxylic acids is 1.